The van der Waals surface area contributed by atoms with Crippen LogP contribution in [0.1, 0.15) is 90.4 Å². The Morgan fingerprint density at radius 2 is 1.74 bits per heavy atom. The molecule has 1 aliphatic rings. The normalized spacial score (nSPS) is 21.2. The second kappa shape index (κ2) is 12.8. The van der Waals surface area contributed by atoms with Gasteiger partial charge in [0.15, 0.2) is 0 Å². The van der Waals surface area contributed by atoms with E-state index in [4.69, 9.17) is 4.74 Å². The van der Waals surface area contributed by atoms with E-state index in [-0.39, 0.29) is 12.1 Å². The maximum atomic E-state index is 11.0. The molecule has 0 aliphatic carbocycles. The van der Waals surface area contributed by atoms with Gasteiger partial charge < -0.3 is 14.6 Å². The van der Waals surface area contributed by atoms with Crippen LogP contribution in [-0.2, 0) is 14.3 Å². The number of carbonyl (C=O) groups excluding carboxylic acids is 1. The van der Waals surface area contributed by atoms with Gasteiger partial charge >= 0.3 is 5.97 Å². The van der Waals surface area contributed by atoms with E-state index in [9.17, 15) is 9.90 Å². The second-order valence-corrected chi connectivity index (χ2v) is 6.83. The molecular formula is C19H36O4. The van der Waals surface area contributed by atoms with Crippen molar-refractivity contribution >= 4 is 5.97 Å². The molecule has 0 aromatic heterocycles. The number of esters is 1. The minimum absolute atomic E-state index is 0.104. The molecule has 1 saturated heterocycles. The van der Waals surface area contributed by atoms with Crippen LogP contribution in [0.25, 0.3) is 0 Å². The van der Waals surface area contributed by atoms with Crippen molar-refractivity contribution in [2.75, 3.05) is 7.11 Å². The Morgan fingerprint density at radius 1 is 1.04 bits per heavy atom. The maximum absolute atomic E-state index is 11.0. The fourth-order valence-electron chi connectivity index (χ4n) is 3.08. The SMILES string of the molecule is CCCCCC[C@@H](O)CC1OC1CCCCCCCC(=O)OC. The minimum atomic E-state index is -0.180. The first-order valence-corrected chi connectivity index (χ1v) is 9.57. The molecule has 0 aromatic rings. The lowest BCUT2D eigenvalue weighted by Crippen LogP contribution is -2.11. The predicted molar refractivity (Wildman–Crippen MR) is 92.4 cm³/mol. The Kier molecular flexibility index (Phi) is 11.3. The lowest BCUT2D eigenvalue weighted by atomic mass is 10.0. The van der Waals surface area contributed by atoms with Crippen LogP contribution < -0.4 is 0 Å². The lowest BCUT2D eigenvalue weighted by Gasteiger charge is -2.08. The van der Waals surface area contributed by atoms with Gasteiger partial charge in [-0.25, -0.2) is 0 Å². The number of aliphatic hydroxyl groups excluding tert-OH is 1. The third-order valence-corrected chi connectivity index (χ3v) is 4.68. The van der Waals surface area contributed by atoms with Gasteiger partial charge in [0.2, 0.25) is 0 Å². The molecule has 0 spiro atoms. The van der Waals surface area contributed by atoms with Gasteiger partial charge in [-0.2, -0.15) is 0 Å². The average molecular weight is 328 g/mol. The van der Waals surface area contributed by atoms with E-state index in [1.165, 1.54) is 45.6 Å². The zero-order valence-corrected chi connectivity index (χ0v) is 15.1. The molecule has 1 fully saturated rings. The molecule has 136 valence electrons. The summed E-state index contributed by atoms with van der Waals surface area (Å²) in [6, 6.07) is 0. The van der Waals surface area contributed by atoms with E-state index in [0.717, 1.165) is 38.5 Å². The molecule has 0 aromatic carbocycles. The largest absolute Gasteiger partial charge is 0.469 e. The molecule has 1 rings (SSSR count). The van der Waals surface area contributed by atoms with Gasteiger partial charge in [-0.3, -0.25) is 4.79 Å². The predicted octanol–water partition coefficient (Wildman–Crippen LogP) is 4.38. The van der Waals surface area contributed by atoms with E-state index in [0.29, 0.717) is 18.6 Å². The van der Waals surface area contributed by atoms with Crippen molar-refractivity contribution in [3.63, 3.8) is 0 Å². The molecule has 23 heavy (non-hydrogen) atoms. The Labute approximate surface area is 141 Å². The summed E-state index contributed by atoms with van der Waals surface area (Å²) in [5, 5.41) is 9.99. The molecular weight excluding hydrogens is 292 g/mol. The van der Waals surface area contributed by atoms with E-state index in [1.54, 1.807) is 0 Å². The van der Waals surface area contributed by atoms with Crippen LogP contribution in [-0.4, -0.2) is 36.5 Å². The van der Waals surface area contributed by atoms with Crippen molar-refractivity contribution in [2.24, 2.45) is 0 Å². The first-order valence-electron chi connectivity index (χ1n) is 9.57. The average Bonchev–Trinajstić information content (AvgIpc) is 3.28. The van der Waals surface area contributed by atoms with Gasteiger partial charge in [-0.05, 0) is 19.3 Å². The Morgan fingerprint density at radius 3 is 2.48 bits per heavy atom. The summed E-state index contributed by atoms with van der Waals surface area (Å²) in [6.07, 6.45) is 14.4. The summed E-state index contributed by atoms with van der Waals surface area (Å²) < 4.78 is 10.3. The van der Waals surface area contributed by atoms with Gasteiger partial charge in [-0.15, -0.1) is 0 Å². The van der Waals surface area contributed by atoms with Crippen molar-refractivity contribution in [1.29, 1.82) is 0 Å². The number of hydrogen-bond donors (Lipinski definition) is 1. The lowest BCUT2D eigenvalue weighted by molar-refractivity contribution is -0.140. The Bertz CT molecular complexity index is 306. The number of aliphatic hydroxyl groups is 1. The summed E-state index contributed by atoms with van der Waals surface area (Å²) in [6.45, 7) is 2.21. The summed E-state index contributed by atoms with van der Waals surface area (Å²) in [7, 11) is 1.44. The van der Waals surface area contributed by atoms with Crippen LogP contribution in [0.4, 0.5) is 0 Å². The fraction of sp³-hybridized carbons (Fsp3) is 0.947. The number of methoxy groups -OCH3 is 1. The highest BCUT2D eigenvalue weighted by atomic mass is 16.6. The molecule has 3 atom stereocenters. The van der Waals surface area contributed by atoms with Crippen LogP contribution in [0, 0.1) is 0 Å². The van der Waals surface area contributed by atoms with Crippen molar-refractivity contribution in [2.45, 2.75) is 109 Å². The number of carbonyl (C=O) groups is 1. The Hall–Kier alpha value is -0.610. The van der Waals surface area contributed by atoms with Crippen molar-refractivity contribution < 1.29 is 19.4 Å². The number of epoxide rings is 1. The number of unbranched alkanes of at least 4 members (excludes halogenated alkanes) is 7. The minimum Gasteiger partial charge on any atom is -0.469 e. The molecule has 4 nitrogen and oxygen atoms in total. The topological polar surface area (TPSA) is 59.1 Å². The number of ether oxygens (including phenoxy) is 2. The molecule has 2 unspecified atom stereocenters. The van der Waals surface area contributed by atoms with Crippen LogP contribution >= 0.6 is 0 Å². The van der Waals surface area contributed by atoms with Crippen molar-refractivity contribution in [3.8, 4) is 0 Å². The monoisotopic (exact) mass is 328 g/mol. The zero-order chi connectivity index (χ0) is 16.9. The fourth-order valence-corrected chi connectivity index (χ4v) is 3.08. The summed E-state index contributed by atoms with van der Waals surface area (Å²) in [5.74, 6) is -0.104. The van der Waals surface area contributed by atoms with Gasteiger partial charge in [-0.1, -0.05) is 58.3 Å². The molecule has 0 radical (unpaired) electrons. The highest BCUT2D eigenvalue weighted by Gasteiger charge is 2.38. The van der Waals surface area contributed by atoms with Crippen LogP contribution in [0.15, 0.2) is 0 Å². The Balaban J connectivity index is 1.86. The van der Waals surface area contributed by atoms with Gasteiger partial charge in [0, 0.05) is 12.8 Å². The summed E-state index contributed by atoms with van der Waals surface area (Å²) >= 11 is 0. The smallest absolute Gasteiger partial charge is 0.305 e. The maximum Gasteiger partial charge on any atom is 0.305 e. The van der Waals surface area contributed by atoms with Gasteiger partial charge in [0.25, 0.3) is 0 Å². The number of rotatable bonds is 15. The number of hydrogen-bond acceptors (Lipinski definition) is 4. The van der Waals surface area contributed by atoms with Crippen LogP contribution in [0.5, 0.6) is 0 Å². The quantitative estimate of drug-likeness (QED) is 0.275. The van der Waals surface area contributed by atoms with Crippen molar-refractivity contribution in [1.82, 2.24) is 0 Å². The molecule has 0 saturated carbocycles. The molecule has 1 N–H and O–H groups in total. The second-order valence-electron chi connectivity index (χ2n) is 6.83. The first kappa shape index (κ1) is 20.4. The van der Waals surface area contributed by atoms with Gasteiger partial charge in [0.1, 0.15) is 0 Å². The molecule has 1 heterocycles. The molecule has 0 bridgehead atoms. The highest BCUT2D eigenvalue weighted by Crippen LogP contribution is 2.32. The zero-order valence-electron chi connectivity index (χ0n) is 15.1. The third kappa shape index (κ3) is 10.7. The van der Waals surface area contributed by atoms with Gasteiger partial charge in [0.05, 0.1) is 25.4 Å². The molecule has 1 aliphatic heterocycles. The first-order chi connectivity index (χ1) is 11.2. The van der Waals surface area contributed by atoms with E-state index < -0.39 is 0 Å². The van der Waals surface area contributed by atoms with Crippen LogP contribution in [0.3, 0.4) is 0 Å². The summed E-state index contributed by atoms with van der Waals surface area (Å²) in [5.41, 5.74) is 0. The molecule has 0 amide bonds. The summed E-state index contributed by atoms with van der Waals surface area (Å²) in [4.78, 5) is 11.0. The van der Waals surface area contributed by atoms with Crippen LogP contribution in [0.2, 0.25) is 0 Å². The van der Waals surface area contributed by atoms with E-state index >= 15 is 0 Å². The standard InChI is InChI=1S/C19H36O4/c1-3-4-5-9-12-16(20)15-18-17(23-18)13-10-7-6-8-11-14-19(21)22-2/h16-18,20H,3-15H2,1-2H3/t16-,17?,18?/m1/s1. The van der Waals surface area contributed by atoms with E-state index in [1.807, 2.05) is 0 Å². The molecule has 4 heteroatoms. The third-order valence-electron chi connectivity index (χ3n) is 4.68. The van der Waals surface area contributed by atoms with Crippen molar-refractivity contribution in [3.05, 3.63) is 0 Å². The highest BCUT2D eigenvalue weighted by molar-refractivity contribution is 5.68. The van der Waals surface area contributed by atoms with E-state index in [2.05, 4.69) is 11.7 Å².